The van der Waals surface area contributed by atoms with Gasteiger partial charge in [0.05, 0.1) is 25.8 Å². The molecule has 2 heterocycles. The molecule has 1 atom stereocenters. The molecule has 0 saturated carbocycles. The van der Waals surface area contributed by atoms with Gasteiger partial charge in [0.25, 0.3) is 5.91 Å². The van der Waals surface area contributed by atoms with Crippen molar-refractivity contribution in [2.24, 2.45) is 0 Å². The average molecular weight is 514 g/mol. The van der Waals surface area contributed by atoms with Crippen LogP contribution in [0.25, 0.3) is 10.6 Å². The van der Waals surface area contributed by atoms with Crippen molar-refractivity contribution in [2.75, 3.05) is 19.5 Å². The third-order valence-corrected chi connectivity index (χ3v) is 5.67. The first-order chi connectivity index (χ1) is 16.9. The van der Waals surface area contributed by atoms with Gasteiger partial charge < -0.3 is 18.9 Å². The highest BCUT2D eigenvalue weighted by Gasteiger charge is 2.19. The standard InChI is InChI=1S/C23H20ClN5O5S/c1-13(33-15-10-8-14(24)9-11-15)20(30)27-23-29-28-21(35-23)16-6-4-5-7-17(16)34-22-25-18(31-2)12-19(26-22)32-3/h4-13H,1-3H3,(H,27,29,30). The maximum atomic E-state index is 12.6. The first kappa shape index (κ1) is 24.2. The van der Waals surface area contributed by atoms with Crippen LogP contribution in [0.15, 0.2) is 54.6 Å². The molecule has 0 aliphatic carbocycles. The number of halogens is 1. The van der Waals surface area contributed by atoms with Crippen molar-refractivity contribution in [1.29, 1.82) is 0 Å². The van der Waals surface area contributed by atoms with Gasteiger partial charge in [0.2, 0.25) is 16.9 Å². The van der Waals surface area contributed by atoms with Gasteiger partial charge >= 0.3 is 6.01 Å². The fraction of sp³-hybridized carbons (Fsp3) is 0.174. The molecule has 1 amide bonds. The molecule has 2 aromatic heterocycles. The summed E-state index contributed by atoms with van der Waals surface area (Å²) in [6, 6.07) is 15.5. The van der Waals surface area contributed by atoms with Crippen LogP contribution in [0.2, 0.25) is 5.02 Å². The van der Waals surface area contributed by atoms with Gasteiger partial charge in [-0.1, -0.05) is 35.1 Å². The Morgan fingerprint density at radius 1 is 1.00 bits per heavy atom. The Balaban J connectivity index is 1.48. The number of para-hydroxylation sites is 1. The van der Waals surface area contributed by atoms with Crippen LogP contribution >= 0.6 is 22.9 Å². The zero-order chi connectivity index (χ0) is 24.8. The predicted octanol–water partition coefficient (Wildman–Crippen LogP) is 4.86. The summed E-state index contributed by atoms with van der Waals surface area (Å²) in [5.74, 6) is 1.18. The molecular weight excluding hydrogens is 494 g/mol. The molecule has 1 N–H and O–H groups in total. The molecule has 4 aromatic rings. The number of nitrogens with one attached hydrogen (secondary N) is 1. The molecule has 0 radical (unpaired) electrons. The highest BCUT2D eigenvalue weighted by molar-refractivity contribution is 7.18. The summed E-state index contributed by atoms with van der Waals surface area (Å²) < 4.78 is 21.9. The van der Waals surface area contributed by atoms with Crippen LogP contribution in [-0.4, -0.2) is 46.4 Å². The van der Waals surface area contributed by atoms with Gasteiger partial charge in [-0.25, -0.2) is 0 Å². The molecule has 0 bridgehead atoms. The number of ether oxygens (including phenoxy) is 4. The highest BCUT2D eigenvalue weighted by Crippen LogP contribution is 2.36. The van der Waals surface area contributed by atoms with Crippen LogP contribution in [-0.2, 0) is 4.79 Å². The average Bonchev–Trinajstić information content (AvgIpc) is 3.33. The number of carbonyl (C=O) groups is 1. The van der Waals surface area contributed by atoms with Crippen molar-refractivity contribution in [3.63, 3.8) is 0 Å². The summed E-state index contributed by atoms with van der Waals surface area (Å²) in [5, 5.41) is 12.4. The highest BCUT2D eigenvalue weighted by atomic mass is 35.5. The minimum atomic E-state index is -0.765. The minimum absolute atomic E-state index is 0.0415. The van der Waals surface area contributed by atoms with Crippen LogP contribution in [0.5, 0.6) is 29.3 Å². The molecule has 0 spiro atoms. The molecule has 1 unspecified atom stereocenters. The Morgan fingerprint density at radius 3 is 2.37 bits per heavy atom. The van der Waals surface area contributed by atoms with Gasteiger partial charge in [0, 0.05) is 5.02 Å². The van der Waals surface area contributed by atoms with E-state index in [2.05, 4.69) is 25.5 Å². The summed E-state index contributed by atoms with van der Waals surface area (Å²) in [6.07, 6.45) is -0.765. The molecule has 12 heteroatoms. The zero-order valence-corrected chi connectivity index (χ0v) is 20.5. The number of amides is 1. The first-order valence-corrected chi connectivity index (χ1v) is 11.5. The molecule has 10 nitrogen and oxygen atoms in total. The molecule has 4 rings (SSSR count). The van der Waals surface area contributed by atoms with E-state index in [0.29, 0.717) is 44.0 Å². The SMILES string of the molecule is COc1cc(OC)nc(Oc2ccccc2-c2nnc(NC(=O)C(C)Oc3ccc(Cl)cc3)s2)n1. The Morgan fingerprint density at radius 2 is 1.69 bits per heavy atom. The Bertz CT molecular complexity index is 1300. The summed E-state index contributed by atoms with van der Waals surface area (Å²) >= 11 is 7.06. The van der Waals surface area contributed by atoms with E-state index in [1.54, 1.807) is 43.3 Å². The molecule has 35 heavy (non-hydrogen) atoms. The van der Waals surface area contributed by atoms with Crippen molar-refractivity contribution >= 4 is 34.0 Å². The van der Waals surface area contributed by atoms with Crippen molar-refractivity contribution < 1.29 is 23.7 Å². The number of rotatable bonds is 9. The van der Waals surface area contributed by atoms with E-state index in [9.17, 15) is 4.79 Å². The quantitative estimate of drug-likeness (QED) is 0.334. The Kier molecular flexibility index (Phi) is 7.58. The second-order valence-electron chi connectivity index (χ2n) is 6.95. The Labute approximate surface area is 209 Å². The lowest BCUT2D eigenvalue weighted by atomic mass is 10.2. The summed E-state index contributed by atoms with van der Waals surface area (Å²) in [4.78, 5) is 20.9. The number of nitrogens with zero attached hydrogens (tertiary/aromatic N) is 4. The van der Waals surface area contributed by atoms with Gasteiger partial charge in [0.1, 0.15) is 11.5 Å². The summed E-state index contributed by atoms with van der Waals surface area (Å²) in [6.45, 7) is 1.64. The minimum Gasteiger partial charge on any atom is -0.481 e. The smallest absolute Gasteiger partial charge is 0.328 e. The van der Waals surface area contributed by atoms with Crippen molar-refractivity contribution in [2.45, 2.75) is 13.0 Å². The normalized spacial score (nSPS) is 11.4. The number of anilines is 1. The third-order valence-electron chi connectivity index (χ3n) is 4.55. The van der Waals surface area contributed by atoms with Gasteiger partial charge in [0.15, 0.2) is 11.1 Å². The van der Waals surface area contributed by atoms with E-state index in [1.165, 1.54) is 31.6 Å². The van der Waals surface area contributed by atoms with Gasteiger partial charge in [-0.05, 0) is 43.3 Å². The maximum Gasteiger partial charge on any atom is 0.328 e. The van der Waals surface area contributed by atoms with Gasteiger partial charge in [-0.2, -0.15) is 9.97 Å². The van der Waals surface area contributed by atoms with E-state index < -0.39 is 6.10 Å². The van der Waals surface area contributed by atoms with E-state index >= 15 is 0 Å². The largest absolute Gasteiger partial charge is 0.481 e. The van der Waals surface area contributed by atoms with Crippen molar-refractivity contribution in [3.05, 3.63) is 59.6 Å². The van der Waals surface area contributed by atoms with Crippen molar-refractivity contribution in [1.82, 2.24) is 20.2 Å². The Hall–Kier alpha value is -3.96. The van der Waals surface area contributed by atoms with E-state index in [1.807, 2.05) is 12.1 Å². The number of hydrogen-bond donors (Lipinski definition) is 1. The van der Waals surface area contributed by atoms with Crippen molar-refractivity contribution in [3.8, 4) is 39.8 Å². The van der Waals surface area contributed by atoms with Crippen LogP contribution in [0, 0.1) is 0 Å². The van der Waals surface area contributed by atoms with E-state index in [-0.39, 0.29) is 11.9 Å². The number of hydrogen-bond acceptors (Lipinski definition) is 10. The third kappa shape index (κ3) is 6.14. The second-order valence-corrected chi connectivity index (χ2v) is 8.36. The fourth-order valence-corrected chi connectivity index (χ4v) is 3.73. The monoisotopic (exact) mass is 513 g/mol. The predicted molar refractivity (Wildman–Crippen MR) is 131 cm³/mol. The van der Waals surface area contributed by atoms with Gasteiger partial charge in [-0.3, -0.25) is 10.1 Å². The lowest BCUT2D eigenvalue weighted by molar-refractivity contribution is -0.122. The molecule has 0 aliphatic rings. The van der Waals surface area contributed by atoms with E-state index in [0.717, 1.165) is 0 Å². The second kappa shape index (κ2) is 11.0. The number of aromatic nitrogens is 4. The molecular formula is C23H20ClN5O5S. The van der Waals surface area contributed by atoms with Crippen LogP contribution < -0.4 is 24.3 Å². The maximum absolute atomic E-state index is 12.6. The summed E-state index contributed by atoms with van der Waals surface area (Å²) in [5.41, 5.74) is 0.640. The molecule has 0 aliphatic heterocycles. The lowest BCUT2D eigenvalue weighted by Gasteiger charge is -2.13. The van der Waals surface area contributed by atoms with Crippen LogP contribution in [0.4, 0.5) is 5.13 Å². The van der Waals surface area contributed by atoms with Crippen LogP contribution in [0.1, 0.15) is 6.92 Å². The zero-order valence-electron chi connectivity index (χ0n) is 18.9. The first-order valence-electron chi connectivity index (χ1n) is 10.3. The van der Waals surface area contributed by atoms with E-state index in [4.69, 9.17) is 30.5 Å². The molecule has 0 fully saturated rings. The van der Waals surface area contributed by atoms with Crippen LogP contribution in [0.3, 0.4) is 0 Å². The summed E-state index contributed by atoms with van der Waals surface area (Å²) in [7, 11) is 2.97. The lowest BCUT2D eigenvalue weighted by Crippen LogP contribution is -2.30. The molecule has 180 valence electrons. The fourth-order valence-electron chi connectivity index (χ4n) is 2.83. The topological polar surface area (TPSA) is 118 Å². The van der Waals surface area contributed by atoms with Gasteiger partial charge in [-0.15, -0.1) is 10.2 Å². The number of benzene rings is 2. The number of methoxy groups -OCH3 is 2. The molecule has 0 saturated heterocycles. The number of carbonyl (C=O) groups excluding carboxylic acids is 1. The molecule has 2 aromatic carbocycles.